The van der Waals surface area contributed by atoms with E-state index in [9.17, 15) is 4.79 Å². The van der Waals surface area contributed by atoms with Gasteiger partial charge in [-0.05, 0) is 47.5 Å². The zero-order valence-corrected chi connectivity index (χ0v) is 13.4. The standard InChI is InChI=1S/C15H28N2O3/c1-13(2,3)20-12(18)17-8-9-19-11(10-17)15(6-7-15)14(4,5)16/h11H,6-10,16H2,1-5H3. The lowest BCUT2D eigenvalue weighted by Crippen LogP contribution is -2.57. The highest BCUT2D eigenvalue weighted by atomic mass is 16.6. The van der Waals surface area contributed by atoms with Crippen molar-refractivity contribution in [2.75, 3.05) is 19.7 Å². The number of nitrogens with two attached hydrogens (primary N) is 1. The summed E-state index contributed by atoms with van der Waals surface area (Å²) in [7, 11) is 0. The summed E-state index contributed by atoms with van der Waals surface area (Å²) >= 11 is 0. The predicted octanol–water partition coefficient (Wildman–Crippen LogP) is 2.14. The van der Waals surface area contributed by atoms with Gasteiger partial charge in [-0.1, -0.05) is 0 Å². The lowest BCUT2D eigenvalue weighted by molar-refractivity contribution is -0.0831. The molecule has 2 fully saturated rings. The smallest absolute Gasteiger partial charge is 0.410 e. The van der Waals surface area contributed by atoms with Crippen LogP contribution in [-0.2, 0) is 9.47 Å². The number of rotatable bonds is 2. The van der Waals surface area contributed by atoms with E-state index in [2.05, 4.69) is 13.8 Å². The molecule has 5 nitrogen and oxygen atoms in total. The number of morpholine rings is 1. The second-order valence-corrected chi connectivity index (χ2v) is 7.66. The third kappa shape index (κ3) is 3.09. The van der Waals surface area contributed by atoms with Crippen LogP contribution in [0.3, 0.4) is 0 Å². The fourth-order valence-electron chi connectivity index (χ4n) is 2.99. The van der Waals surface area contributed by atoms with E-state index in [1.807, 2.05) is 20.8 Å². The minimum Gasteiger partial charge on any atom is -0.444 e. The lowest BCUT2D eigenvalue weighted by Gasteiger charge is -2.42. The van der Waals surface area contributed by atoms with Crippen LogP contribution in [0.2, 0.25) is 0 Å². The van der Waals surface area contributed by atoms with Crippen LogP contribution in [0.15, 0.2) is 0 Å². The molecule has 0 radical (unpaired) electrons. The molecule has 2 N–H and O–H groups in total. The summed E-state index contributed by atoms with van der Waals surface area (Å²) in [5.41, 5.74) is 5.58. The Hall–Kier alpha value is -0.810. The molecule has 1 aliphatic heterocycles. The van der Waals surface area contributed by atoms with Gasteiger partial charge in [-0.3, -0.25) is 0 Å². The highest BCUT2D eigenvalue weighted by Crippen LogP contribution is 2.57. The van der Waals surface area contributed by atoms with Crippen molar-refractivity contribution >= 4 is 6.09 Å². The van der Waals surface area contributed by atoms with Crippen LogP contribution in [0.4, 0.5) is 4.79 Å². The third-order valence-electron chi connectivity index (χ3n) is 4.41. The summed E-state index contributed by atoms with van der Waals surface area (Å²) in [6.45, 7) is 11.5. The van der Waals surface area contributed by atoms with Gasteiger partial charge in [-0.25, -0.2) is 4.79 Å². The van der Waals surface area contributed by atoms with Crippen LogP contribution < -0.4 is 5.73 Å². The molecule has 1 unspecified atom stereocenters. The Labute approximate surface area is 121 Å². The first-order valence-corrected chi connectivity index (χ1v) is 7.44. The van der Waals surface area contributed by atoms with E-state index in [4.69, 9.17) is 15.2 Å². The van der Waals surface area contributed by atoms with Crippen LogP contribution >= 0.6 is 0 Å². The van der Waals surface area contributed by atoms with Crippen molar-refractivity contribution < 1.29 is 14.3 Å². The highest BCUT2D eigenvalue weighted by Gasteiger charge is 2.59. The quantitative estimate of drug-likeness (QED) is 0.843. The van der Waals surface area contributed by atoms with Crippen molar-refractivity contribution in [1.29, 1.82) is 0 Å². The summed E-state index contributed by atoms with van der Waals surface area (Å²) in [6, 6.07) is 0. The highest BCUT2D eigenvalue weighted by molar-refractivity contribution is 5.68. The van der Waals surface area contributed by atoms with Crippen molar-refractivity contribution in [2.45, 2.75) is 64.7 Å². The molecule has 1 saturated carbocycles. The molecule has 1 atom stereocenters. The number of carbonyl (C=O) groups excluding carboxylic acids is 1. The molecule has 2 rings (SSSR count). The number of carbonyl (C=O) groups is 1. The molecule has 0 aromatic rings. The molecule has 1 amide bonds. The van der Waals surface area contributed by atoms with Gasteiger partial charge in [0.25, 0.3) is 0 Å². The van der Waals surface area contributed by atoms with Crippen molar-refractivity contribution in [3.05, 3.63) is 0 Å². The van der Waals surface area contributed by atoms with E-state index >= 15 is 0 Å². The topological polar surface area (TPSA) is 64.8 Å². The third-order valence-corrected chi connectivity index (χ3v) is 4.41. The molecule has 0 aromatic heterocycles. The van der Waals surface area contributed by atoms with E-state index in [0.717, 1.165) is 12.8 Å². The van der Waals surface area contributed by atoms with Crippen LogP contribution in [0, 0.1) is 5.41 Å². The van der Waals surface area contributed by atoms with E-state index in [1.54, 1.807) is 4.90 Å². The largest absolute Gasteiger partial charge is 0.444 e. The Morgan fingerprint density at radius 3 is 2.35 bits per heavy atom. The minimum absolute atomic E-state index is 0.00762. The summed E-state index contributed by atoms with van der Waals surface area (Å²) < 4.78 is 11.4. The fraction of sp³-hybridized carbons (Fsp3) is 0.933. The Bertz CT molecular complexity index is 378. The predicted molar refractivity (Wildman–Crippen MR) is 77.5 cm³/mol. The monoisotopic (exact) mass is 284 g/mol. The first-order chi connectivity index (χ1) is 9.05. The van der Waals surface area contributed by atoms with Crippen LogP contribution in [0.1, 0.15) is 47.5 Å². The maximum absolute atomic E-state index is 12.2. The van der Waals surface area contributed by atoms with E-state index in [1.165, 1.54) is 0 Å². The average Bonchev–Trinajstić information content (AvgIpc) is 3.07. The van der Waals surface area contributed by atoms with Gasteiger partial charge in [0.2, 0.25) is 0 Å². The Morgan fingerprint density at radius 1 is 1.30 bits per heavy atom. The molecule has 5 heteroatoms. The summed E-state index contributed by atoms with van der Waals surface area (Å²) in [6.07, 6.45) is 1.91. The SMILES string of the molecule is CC(C)(C)OC(=O)N1CCOC(C2(C(C)(C)N)CC2)C1. The number of hydrogen-bond donors (Lipinski definition) is 1. The molecule has 116 valence electrons. The molecular formula is C15H28N2O3. The fourth-order valence-corrected chi connectivity index (χ4v) is 2.99. The molecular weight excluding hydrogens is 256 g/mol. The Balaban J connectivity index is 2.01. The first-order valence-electron chi connectivity index (χ1n) is 7.44. The van der Waals surface area contributed by atoms with Gasteiger partial charge in [0.1, 0.15) is 5.60 Å². The van der Waals surface area contributed by atoms with Crippen molar-refractivity contribution in [1.82, 2.24) is 4.90 Å². The van der Waals surface area contributed by atoms with Crippen molar-refractivity contribution in [3.8, 4) is 0 Å². The number of ether oxygens (including phenoxy) is 2. The summed E-state index contributed by atoms with van der Waals surface area (Å²) in [5, 5.41) is 0. The van der Waals surface area contributed by atoms with Gasteiger partial charge in [-0.2, -0.15) is 0 Å². The molecule has 1 aliphatic carbocycles. The second kappa shape index (κ2) is 4.88. The van der Waals surface area contributed by atoms with Crippen molar-refractivity contribution in [2.24, 2.45) is 11.1 Å². The Kier molecular flexibility index (Phi) is 3.80. The molecule has 2 aliphatic rings. The Morgan fingerprint density at radius 2 is 1.90 bits per heavy atom. The summed E-state index contributed by atoms with van der Waals surface area (Å²) in [4.78, 5) is 13.9. The summed E-state index contributed by atoms with van der Waals surface area (Å²) in [5.74, 6) is 0. The zero-order valence-electron chi connectivity index (χ0n) is 13.4. The van der Waals surface area contributed by atoms with Gasteiger partial charge < -0.3 is 20.1 Å². The zero-order chi connectivity index (χ0) is 15.2. The molecule has 1 saturated heterocycles. The number of nitrogens with zero attached hydrogens (tertiary/aromatic N) is 1. The van der Waals surface area contributed by atoms with Crippen molar-refractivity contribution in [3.63, 3.8) is 0 Å². The van der Waals surface area contributed by atoms with Gasteiger partial charge in [0.15, 0.2) is 0 Å². The van der Waals surface area contributed by atoms with E-state index in [-0.39, 0.29) is 23.2 Å². The second-order valence-electron chi connectivity index (χ2n) is 7.66. The first kappa shape index (κ1) is 15.6. The number of amides is 1. The van der Waals surface area contributed by atoms with E-state index < -0.39 is 5.60 Å². The van der Waals surface area contributed by atoms with Gasteiger partial charge >= 0.3 is 6.09 Å². The molecule has 20 heavy (non-hydrogen) atoms. The number of hydrogen-bond acceptors (Lipinski definition) is 4. The van der Waals surface area contributed by atoms with Crippen LogP contribution in [0.5, 0.6) is 0 Å². The molecule has 0 spiro atoms. The maximum Gasteiger partial charge on any atom is 0.410 e. The van der Waals surface area contributed by atoms with Gasteiger partial charge in [0.05, 0.1) is 19.3 Å². The van der Waals surface area contributed by atoms with Gasteiger partial charge in [-0.15, -0.1) is 0 Å². The van der Waals surface area contributed by atoms with Crippen LogP contribution in [-0.4, -0.2) is 47.9 Å². The van der Waals surface area contributed by atoms with Crippen LogP contribution in [0.25, 0.3) is 0 Å². The molecule has 1 heterocycles. The lowest BCUT2D eigenvalue weighted by atomic mass is 9.79. The molecule has 0 bridgehead atoms. The maximum atomic E-state index is 12.2. The average molecular weight is 284 g/mol. The minimum atomic E-state index is -0.463. The molecule has 0 aromatic carbocycles. The van der Waals surface area contributed by atoms with E-state index in [0.29, 0.717) is 19.7 Å². The van der Waals surface area contributed by atoms with Gasteiger partial charge in [0, 0.05) is 17.5 Å². The normalized spacial score (nSPS) is 26.3.